The van der Waals surface area contributed by atoms with E-state index in [1.54, 1.807) is 12.4 Å². The van der Waals surface area contributed by atoms with E-state index in [2.05, 4.69) is 31.5 Å². The largest absolute Gasteiger partial charge is 0.334 e. The van der Waals surface area contributed by atoms with Gasteiger partial charge in [0.2, 0.25) is 0 Å². The highest BCUT2D eigenvalue weighted by atomic mass is 79.9. The molecule has 0 fully saturated rings. The summed E-state index contributed by atoms with van der Waals surface area (Å²) in [4.78, 5) is 15.6. The van der Waals surface area contributed by atoms with Gasteiger partial charge in [0.25, 0.3) is 0 Å². The van der Waals surface area contributed by atoms with E-state index < -0.39 is 0 Å². The Labute approximate surface area is 120 Å². The molecule has 0 radical (unpaired) electrons. The van der Waals surface area contributed by atoms with E-state index in [-0.39, 0.29) is 6.03 Å². The van der Waals surface area contributed by atoms with Gasteiger partial charge in [-0.05, 0) is 23.3 Å². The Morgan fingerprint density at radius 2 is 1.89 bits per heavy atom. The number of pyridine rings is 1. The van der Waals surface area contributed by atoms with Crippen molar-refractivity contribution in [1.29, 1.82) is 0 Å². The first kappa shape index (κ1) is 13.5. The minimum absolute atomic E-state index is 0.195. The van der Waals surface area contributed by atoms with Crippen LogP contribution in [0.4, 0.5) is 4.79 Å². The predicted molar refractivity (Wildman–Crippen MR) is 77.5 cm³/mol. The average molecular weight is 320 g/mol. The van der Waals surface area contributed by atoms with Crippen LogP contribution >= 0.6 is 15.9 Å². The van der Waals surface area contributed by atoms with Crippen LogP contribution in [-0.4, -0.2) is 11.0 Å². The molecule has 0 spiro atoms. The van der Waals surface area contributed by atoms with Crippen molar-refractivity contribution in [2.75, 3.05) is 0 Å². The molecule has 2 aromatic rings. The summed E-state index contributed by atoms with van der Waals surface area (Å²) in [6, 6.07) is 11.4. The number of halogens is 1. The van der Waals surface area contributed by atoms with E-state index in [0.717, 1.165) is 15.6 Å². The lowest BCUT2D eigenvalue weighted by Crippen LogP contribution is -2.34. The zero-order chi connectivity index (χ0) is 13.5. The molecule has 0 bridgehead atoms. The van der Waals surface area contributed by atoms with Crippen LogP contribution in [0, 0.1) is 0 Å². The molecular formula is C14H14BrN3O. The average Bonchev–Trinajstić information content (AvgIpc) is 2.45. The van der Waals surface area contributed by atoms with Crippen molar-refractivity contribution in [1.82, 2.24) is 15.6 Å². The molecule has 2 N–H and O–H groups in total. The number of benzene rings is 1. The molecule has 1 heterocycles. The predicted octanol–water partition coefficient (Wildman–Crippen LogP) is 2.84. The molecule has 0 saturated carbocycles. The van der Waals surface area contributed by atoms with E-state index in [0.29, 0.717) is 13.1 Å². The van der Waals surface area contributed by atoms with Crippen LogP contribution in [0.1, 0.15) is 11.1 Å². The van der Waals surface area contributed by atoms with E-state index in [9.17, 15) is 4.79 Å². The lowest BCUT2D eigenvalue weighted by Gasteiger charge is -2.08. The fourth-order valence-corrected chi connectivity index (χ4v) is 1.99. The van der Waals surface area contributed by atoms with Gasteiger partial charge in [-0.15, -0.1) is 0 Å². The minimum atomic E-state index is -0.195. The van der Waals surface area contributed by atoms with Gasteiger partial charge in [-0.25, -0.2) is 4.79 Å². The number of hydrogen-bond acceptors (Lipinski definition) is 2. The van der Waals surface area contributed by atoms with Crippen LogP contribution in [0.2, 0.25) is 0 Å². The molecule has 0 aliphatic heterocycles. The molecular weight excluding hydrogens is 306 g/mol. The maximum absolute atomic E-state index is 11.6. The molecule has 0 aliphatic carbocycles. The van der Waals surface area contributed by atoms with Crippen LogP contribution in [-0.2, 0) is 13.1 Å². The van der Waals surface area contributed by atoms with Gasteiger partial charge in [-0.2, -0.15) is 0 Å². The third kappa shape index (κ3) is 4.37. The van der Waals surface area contributed by atoms with Crippen molar-refractivity contribution in [3.63, 3.8) is 0 Å². The van der Waals surface area contributed by atoms with Crippen molar-refractivity contribution in [2.24, 2.45) is 0 Å². The van der Waals surface area contributed by atoms with Gasteiger partial charge in [0.15, 0.2) is 0 Å². The molecule has 0 saturated heterocycles. The smallest absolute Gasteiger partial charge is 0.315 e. The summed E-state index contributed by atoms with van der Waals surface area (Å²) in [6.45, 7) is 0.954. The summed E-state index contributed by atoms with van der Waals surface area (Å²) in [5, 5.41) is 5.59. The third-order valence-electron chi connectivity index (χ3n) is 2.57. The Bertz CT molecular complexity index is 545. The normalized spacial score (nSPS) is 9.95. The molecule has 4 nitrogen and oxygen atoms in total. The summed E-state index contributed by atoms with van der Waals surface area (Å²) in [5.74, 6) is 0. The Morgan fingerprint density at radius 3 is 2.63 bits per heavy atom. The molecule has 1 aromatic heterocycles. The van der Waals surface area contributed by atoms with E-state index >= 15 is 0 Å². The van der Waals surface area contributed by atoms with Gasteiger partial charge < -0.3 is 10.6 Å². The monoisotopic (exact) mass is 319 g/mol. The summed E-state index contributed by atoms with van der Waals surface area (Å²) in [7, 11) is 0. The highest BCUT2D eigenvalue weighted by molar-refractivity contribution is 9.10. The topological polar surface area (TPSA) is 54.0 Å². The Morgan fingerprint density at radius 1 is 1.11 bits per heavy atom. The number of aromatic nitrogens is 1. The van der Waals surface area contributed by atoms with Crippen molar-refractivity contribution >= 4 is 22.0 Å². The zero-order valence-corrected chi connectivity index (χ0v) is 11.9. The lowest BCUT2D eigenvalue weighted by molar-refractivity contribution is 0.240. The molecule has 2 rings (SSSR count). The number of amides is 2. The number of nitrogens with one attached hydrogen (secondary N) is 2. The first-order valence-electron chi connectivity index (χ1n) is 5.90. The molecule has 19 heavy (non-hydrogen) atoms. The first-order valence-corrected chi connectivity index (χ1v) is 6.69. The third-order valence-corrected chi connectivity index (χ3v) is 3.35. The first-order chi connectivity index (χ1) is 9.25. The number of hydrogen-bond donors (Lipinski definition) is 2. The maximum Gasteiger partial charge on any atom is 0.315 e. The summed E-state index contributed by atoms with van der Waals surface area (Å²) in [5.41, 5.74) is 2.01. The highest BCUT2D eigenvalue weighted by Crippen LogP contribution is 2.15. The number of carbonyl (C=O) groups is 1. The summed E-state index contributed by atoms with van der Waals surface area (Å²) >= 11 is 3.44. The minimum Gasteiger partial charge on any atom is -0.334 e. The van der Waals surface area contributed by atoms with Crippen molar-refractivity contribution in [2.45, 2.75) is 13.1 Å². The van der Waals surface area contributed by atoms with Crippen LogP contribution < -0.4 is 10.6 Å². The molecule has 98 valence electrons. The second-order valence-corrected chi connectivity index (χ2v) is 4.84. The molecule has 0 unspecified atom stereocenters. The van der Waals surface area contributed by atoms with Crippen molar-refractivity contribution in [3.8, 4) is 0 Å². The van der Waals surface area contributed by atoms with Gasteiger partial charge in [0, 0.05) is 30.0 Å². The van der Waals surface area contributed by atoms with Gasteiger partial charge in [0.05, 0.1) is 0 Å². The van der Waals surface area contributed by atoms with Gasteiger partial charge in [-0.3, -0.25) is 4.98 Å². The van der Waals surface area contributed by atoms with Crippen LogP contribution in [0.15, 0.2) is 53.3 Å². The van der Waals surface area contributed by atoms with Crippen molar-refractivity contribution < 1.29 is 4.79 Å². The fourth-order valence-electron chi connectivity index (χ4n) is 1.56. The Kier molecular flexibility index (Phi) is 4.92. The van der Waals surface area contributed by atoms with Crippen molar-refractivity contribution in [3.05, 3.63) is 64.4 Å². The second kappa shape index (κ2) is 6.89. The number of urea groups is 1. The van der Waals surface area contributed by atoms with Crippen LogP contribution in [0.5, 0.6) is 0 Å². The molecule has 1 aromatic carbocycles. The second-order valence-electron chi connectivity index (χ2n) is 3.99. The molecule has 2 amide bonds. The Hall–Kier alpha value is -1.88. The highest BCUT2D eigenvalue weighted by Gasteiger charge is 2.02. The summed E-state index contributed by atoms with van der Waals surface area (Å²) in [6.07, 6.45) is 3.44. The van der Waals surface area contributed by atoms with E-state index in [4.69, 9.17) is 0 Å². The molecule has 0 aliphatic rings. The lowest BCUT2D eigenvalue weighted by atomic mass is 10.2. The van der Waals surface area contributed by atoms with Gasteiger partial charge >= 0.3 is 6.03 Å². The maximum atomic E-state index is 11.6. The van der Waals surface area contributed by atoms with Crippen LogP contribution in [0.25, 0.3) is 0 Å². The van der Waals surface area contributed by atoms with E-state index in [1.165, 1.54) is 0 Å². The quantitative estimate of drug-likeness (QED) is 0.910. The van der Waals surface area contributed by atoms with Gasteiger partial charge in [0.1, 0.15) is 0 Å². The zero-order valence-electron chi connectivity index (χ0n) is 10.3. The standard InChI is InChI=1S/C14H14BrN3O/c15-13-6-2-1-5-12(13)10-18-14(19)17-9-11-4-3-7-16-8-11/h1-8H,9-10H2,(H2,17,18,19). The van der Waals surface area contributed by atoms with E-state index in [1.807, 2.05) is 36.4 Å². The number of rotatable bonds is 4. The number of carbonyl (C=O) groups excluding carboxylic acids is 1. The van der Waals surface area contributed by atoms with Gasteiger partial charge in [-0.1, -0.05) is 40.2 Å². The van der Waals surface area contributed by atoms with Crippen LogP contribution in [0.3, 0.4) is 0 Å². The summed E-state index contributed by atoms with van der Waals surface area (Å²) < 4.78 is 0.988. The SMILES string of the molecule is O=C(NCc1cccnc1)NCc1ccccc1Br. The molecule has 5 heteroatoms. The fraction of sp³-hybridized carbons (Fsp3) is 0.143. The Balaban J connectivity index is 1.78. The number of nitrogens with zero attached hydrogens (tertiary/aromatic N) is 1. The molecule has 0 atom stereocenters.